The first-order valence-electron chi connectivity index (χ1n) is 9.74. The summed E-state index contributed by atoms with van der Waals surface area (Å²) in [4.78, 5) is 34.6. The van der Waals surface area contributed by atoms with Crippen molar-refractivity contribution < 1.29 is 9.59 Å². The molecule has 7 nitrogen and oxygen atoms in total. The van der Waals surface area contributed by atoms with Crippen molar-refractivity contribution in [1.82, 2.24) is 25.5 Å². The number of imidazole rings is 1. The summed E-state index contributed by atoms with van der Waals surface area (Å²) in [6.45, 7) is 6.89. The van der Waals surface area contributed by atoms with Crippen molar-refractivity contribution in [2.45, 2.75) is 45.1 Å². The number of nitrogens with one attached hydrogen (secondary N) is 3. The molecule has 3 heterocycles. The first-order valence-corrected chi connectivity index (χ1v) is 9.74. The van der Waals surface area contributed by atoms with E-state index in [0.717, 1.165) is 23.4 Å². The van der Waals surface area contributed by atoms with Crippen molar-refractivity contribution in [3.63, 3.8) is 0 Å². The Hall–Kier alpha value is -2.41. The van der Waals surface area contributed by atoms with E-state index in [0.29, 0.717) is 45.3 Å². The van der Waals surface area contributed by atoms with Crippen molar-refractivity contribution in [3.8, 4) is 0 Å². The van der Waals surface area contributed by atoms with Gasteiger partial charge in [0.2, 0.25) is 11.8 Å². The molecule has 3 N–H and O–H groups in total. The van der Waals surface area contributed by atoms with Crippen LogP contribution in [0.15, 0.2) is 12.1 Å². The van der Waals surface area contributed by atoms with Crippen molar-refractivity contribution in [2.75, 3.05) is 26.2 Å². The van der Waals surface area contributed by atoms with Gasteiger partial charge in [-0.1, -0.05) is 0 Å². The first kappa shape index (κ1) is 18.0. The zero-order chi connectivity index (χ0) is 19.0. The third-order valence-corrected chi connectivity index (χ3v) is 6.00. The Kier molecular flexibility index (Phi) is 4.63. The molecular weight excluding hydrogens is 342 g/mol. The zero-order valence-corrected chi connectivity index (χ0v) is 16.0. The molecule has 0 aliphatic carbocycles. The van der Waals surface area contributed by atoms with Gasteiger partial charge in [0.25, 0.3) is 0 Å². The third-order valence-electron chi connectivity index (χ3n) is 6.00. The van der Waals surface area contributed by atoms with Crippen LogP contribution in [0.1, 0.15) is 36.2 Å². The summed E-state index contributed by atoms with van der Waals surface area (Å²) in [7, 11) is 0. The number of aryl methyl sites for hydroxylation is 3. The van der Waals surface area contributed by atoms with Gasteiger partial charge in [-0.3, -0.25) is 9.59 Å². The summed E-state index contributed by atoms with van der Waals surface area (Å²) < 4.78 is 0. The zero-order valence-electron chi connectivity index (χ0n) is 16.0. The van der Waals surface area contributed by atoms with Gasteiger partial charge >= 0.3 is 0 Å². The van der Waals surface area contributed by atoms with E-state index in [1.165, 1.54) is 11.1 Å². The third kappa shape index (κ3) is 3.43. The molecule has 2 aliphatic heterocycles. The van der Waals surface area contributed by atoms with Crippen molar-refractivity contribution in [2.24, 2.45) is 0 Å². The number of rotatable bonds is 3. The van der Waals surface area contributed by atoms with Crippen LogP contribution < -0.4 is 10.6 Å². The van der Waals surface area contributed by atoms with Crippen LogP contribution in [0.25, 0.3) is 11.0 Å². The maximum atomic E-state index is 12.6. The van der Waals surface area contributed by atoms with E-state index in [1.807, 2.05) is 4.90 Å². The van der Waals surface area contributed by atoms with Gasteiger partial charge in [-0.05, 0) is 49.9 Å². The molecule has 0 atom stereocenters. The number of piperidine rings is 1. The van der Waals surface area contributed by atoms with Gasteiger partial charge in [-0.2, -0.15) is 0 Å². The van der Waals surface area contributed by atoms with Crippen LogP contribution in [0, 0.1) is 13.8 Å². The molecule has 2 fully saturated rings. The number of nitrogens with zero attached hydrogens (tertiary/aromatic N) is 2. The highest BCUT2D eigenvalue weighted by Crippen LogP contribution is 2.25. The minimum Gasteiger partial charge on any atom is -0.353 e. The van der Waals surface area contributed by atoms with Gasteiger partial charge in [0.15, 0.2) is 0 Å². The highest BCUT2D eigenvalue weighted by molar-refractivity contribution is 5.87. The van der Waals surface area contributed by atoms with Crippen molar-refractivity contribution in [1.29, 1.82) is 0 Å². The molecule has 0 bridgehead atoms. The number of carbonyl (C=O) groups is 2. The molecule has 0 unspecified atom stereocenters. The summed E-state index contributed by atoms with van der Waals surface area (Å²) in [5.41, 5.74) is 3.95. The lowest BCUT2D eigenvalue weighted by Crippen LogP contribution is -2.66. The lowest BCUT2D eigenvalue weighted by molar-refractivity contribution is -0.138. The molecule has 27 heavy (non-hydrogen) atoms. The van der Waals surface area contributed by atoms with Gasteiger partial charge < -0.3 is 20.5 Å². The number of likely N-dealkylation sites (tertiary alicyclic amines) is 1. The molecule has 4 rings (SSSR count). The Bertz CT molecular complexity index is 841. The molecule has 0 saturated carbocycles. The second-order valence-electron chi connectivity index (χ2n) is 7.78. The van der Waals surface area contributed by atoms with Crippen LogP contribution in [-0.4, -0.2) is 58.4 Å². The average Bonchev–Trinajstić information content (AvgIpc) is 3.05. The minimum absolute atomic E-state index is 0.0775. The number of fused-ring (bicyclic) bond motifs is 1. The Morgan fingerprint density at radius 3 is 2.67 bits per heavy atom. The highest BCUT2D eigenvalue weighted by Gasteiger charge is 2.43. The number of hydrogen-bond donors (Lipinski definition) is 3. The number of aromatic amines is 1. The summed E-state index contributed by atoms with van der Waals surface area (Å²) in [6.07, 6.45) is 2.39. The SMILES string of the molecule is Cc1cc2nc(CCC(=O)N3CCC4(CC3)NCCNC4=O)[nH]c2cc1C. The second-order valence-corrected chi connectivity index (χ2v) is 7.78. The van der Waals surface area contributed by atoms with Gasteiger partial charge in [-0.25, -0.2) is 4.98 Å². The van der Waals surface area contributed by atoms with E-state index in [2.05, 4.69) is 46.6 Å². The van der Waals surface area contributed by atoms with E-state index in [-0.39, 0.29) is 11.8 Å². The lowest BCUT2D eigenvalue weighted by atomic mass is 9.85. The molecule has 1 aromatic carbocycles. The quantitative estimate of drug-likeness (QED) is 0.758. The number of carbonyl (C=O) groups excluding carboxylic acids is 2. The van der Waals surface area contributed by atoms with Crippen LogP contribution in [0.5, 0.6) is 0 Å². The maximum absolute atomic E-state index is 12.6. The number of benzene rings is 1. The van der Waals surface area contributed by atoms with E-state index in [9.17, 15) is 9.59 Å². The number of H-pyrrole nitrogens is 1. The van der Waals surface area contributed by atoms with E-state index >= 15 is 0 Å². The molecule has 7 heteroatoms. The molecule has 2 saturated heterocycles. The topological polar surface area (TPSA) is 90.1 Å². The predicted octanol–water partition coefficient (Wildman–Crippen LogP) is 1.19. The maximum Gasteiger partial charge on any atom is 0.240 e. The number of piperazine rings is 1. The molecular formula is C20H27N5O2. The Morgan fingerprint density at radius 1 is 1.19 bits per heavy atom. The molecule has 2 amide bonds. The van der Waals surface area contributed by atoms with E-state index in [4.69, 9.17) is 0 Å². The summed E-state index contributed by atoms with van der Waals surface area (Å²) in [6, 6.07) is 4.19. The number of hydrogen-bond acceptors (Lipinski definition) is 4. The van der Waals surface area contributed by atoms with Gasteiger partial charge in [0, 0.05) is 39.0 Å². The van der Waals surface area contributed by atoms with Gasteiger partial charge in [0.1, 0.15) is 11.4 Å². The minimum atomic E-state index is -0.483. The predicted molar refractivity (Wildman–Crippen MR) is 103 cm³/mol. The fourth-order valence-electron chi connectivity index (χ4n) is 4.09. The van der Waals surface area contributed by atoms with Crippen LogP contribution >= 0.6 is 0 Å². The molecule has 1 spiro atoms. The Balaban J connectivity index is 1.34. The van der Waals surface area contributed by atoms with Crippen LogP contribution in [-0.2, 0) is 16.0 Å². The van der Waals surface area contributed by atoms with Crippen LogP contribution in [0.2, 0.25) is 0 Å². The average molecular weight is 369 g/mol. The molecule has 1 aromatic heterocycles. The first-order chi connectivity index (χ1) is 13.0. The molecule has 2 aromatic rings. The molecule has 0 radical (unpaired) electrons. The van der Waals surface area contributed by atoms with Gasteiger partial charge in [0.05, 0.1) is 11.0 Å². The normalized spacial score (nSPS) is 19.5. The van der Waals surface area contributed by atoms with Gasteiger partial charge in [-0.15, -0.1) is 0 Å². The molecule has 144 valence electrons. The van der Waals surface area contributed by atoms with E-state index < -0.39 is 5.54 Å². The largest absolute Gasteiger partial charge is 0.353 e. The second kappa shape index (κ2) is 6.96. The smallest absolute Gasteiger partial charge is 0.240 e. The van der Waals surface area contributed by atoms with Crippen molar-refractivity contribution >= 4 is 22.8 Å². The highest BCUT2D eigenvalue weighted by atomic mass is 16.2. The fraction of sp³-hybridized carbons (Fsp3) is 0.550. The standard InChI is InChI=1S/C20H27N5O2/c1-13-11-15-16(12-14(13)2)24-17(23-15)3-4-18(26)25-9-5-20(6-10-25)19(27)21-7-8-22-20/h11-12,22H,3-10H2,1-2H3,(H,21,27)(H,23,24). The summed E-state index contributed by atoms with van der Waals surface area (Å²) in [5.74, 6) is 1.06. The Labute approximate surface area is 158 Å². The summed E-state index contributed by atoms with van der Waals surface area (Å²) >= 11 is 0. The molecule has 2 aliphatic rings. The van der Waals surface area contributed by atoms with Crippen molar-refractivity contribution in [3.05, 3.63) is 29.1 Å². The van der Waals surface area contributed by atoms with Crippen LogP contribution in [0.4, 0.5) is 0 Å². The Morgan fingerprint density at radius 2 is 1.93 bits per heavy atom. The number of amides is 2. The monoisotopic (exact) mass is 369 g/mol. The number of aromatic nitrogens is 2. The lowest BCUT2D eigenvalue weighted by Gasteiger charge is -2.43. The summed E-state index contributed by atoms with van der Waals surface area (Å²) in [5, 5.41) is 6.30. The van der Waals surface area contributed by atoms with Crippen LogP contribution in [0.3, 0.4) is 0 Å². The van der Waals surface area contributed by atoms with E-state index in [1.54, 1.807) is 0 Å². The fourth-order valence-corrected chi connectivity index (χ4v) is 4.09.